The normalized spacial score (nSPS) is 20.2. The van der Waals surface area contributed by atoms with Crippen LogP contribution in [-0.2, 0) is 0 Å². The Morgan fingerprint density at radius 3 is 2.59 bits per heavy atom. The fraction of sp³-hybridized carbons (Fsp3) is 0.688. The Balaban J connectivity index is 1.55. The zero-order valence-corrected chi connectivity index (χ0v) is 13.4. The number of piperazine rings is 1. The first kappa shape index (κ1) is 13.9. The standard InChI is InChI=1S/C16H24N6/c1-12(2)11-20-7-9-21(10-8-20)15-16-19-18-14(13-3-4-13)22(16)6-5-17-15/h5-6,12-13H,3-4,7-11H2,1-2H3. The van der Waals surface area contributed by atoms with Crippen LogP contribution in [0.25, 0.3) is 5.65 Å². The molecule has 2 aliphatic rings. The van der Waals surface area contributed by atoms with Crippen LogP contribution >= 0.6 is 0 Å². The number of fused-ring (bicyclic) bond motifs is 1. The quantitative estimate of drug-likeness (QED) is 0.861. The number of nitrogens with zero attached hydrogens (tertiary/aromatic N) is 6. The Bertz CT molecular complexity index is 652. The molecule has 6 nitrogen and oxygen atoms in total. The zero-order valence-electron chi connectivity index (χ0n) is 13.4. The number of rotatable bonds is 4. The fourth-order valence-electron chi connectivity index (χ4n) is 3.33. The molecular formula is C16H24N6. The predicted octanol–water partition coefficient (Wildman–Crippen LogP) is 1.78. The van der Waals surface area contributed by atoms with E-state index < -0.39 is 0 Å². The number of anilines is 1. The van der Waals surface area contributed by atoms with Crippen molar-refractivity contribution >= 4 is 11.5 Å². The van der Waals surface area contributed by atoms with E-state index in [0.29, 0.717) is 5.92 Å². The molecule has 0 bridgehead atoms. The van der Waals surface area contributed by atoms with E-state index in [9.17, 15) is 0 Å². The molecule has 22 heavy (non-hydrogen) atoms. The van der Waals surface area contributed by atoms with Crippen molar-refractivity contribution < 1.29 is 0 Å². The van der Waals surface area contributed by atoms with Gasteiger partial charge in [0.2, 0.25) is 5.65 Å². The minimum Gasteiger partial charge on any atom is -0.351 e. The predicted molar refractivity (Wildman–Crippen MR) is 86.2 cm³/mol. The maximum Gasteiger partial charge on any atom is 0.203 e. The minimum absolute atomic E-state index is 0.605. The highest BCUT2D eigenvalue weighted by molar-refractivity contribution is 5.64. The molecule has 3 heterocycles. The number of hydrogen-bond donors (Lipinski definition) is 0. The minimum atomic E-state index is 0.605. The summed E-state index contributed by atoms with van der Waals surface area (Å²) in [5, 5.41) is 8.82. The van der Waals surface area contributed by atoms with Gasteiger partial charge in [-0.25, -0.2) is 4.98 Å². The highest BCUT2D eigenvalue weighted by Crippen LogP contribution is 2.39. The van der Waals surface area contributed by atoms with Crippen LogP contribution in [0.15, 0.2) is 12.4 Å². The van der Waals surface area contributed by atoms with Gasteiger partial charge in [0.15, 0.2) is 5.82 Å². The lowest BCUT2D eigenvalue weighted by Crippen LogP contribution is -2.47. The van der Waals surface area contributed by atoms with Gasteiger partial charge in [0.1, 0.15) is 5.82 Å². The first-order valence-corrected chi connectivity index (χ1v) is 8.39. The molecule has 0 spiro atoms. The summed E-state index contributed by atoms with van der Waals surface area (Å²) in [5.41, 5.74) is 0.918. The lowest BCUT2D eigenvalue weighted by atomic mass is 10.2. The smallest absolute Gasteiger partial charge is 0.203 e. The van der Waals surface area contributed by atoms with Gasteiger partial charge >= 0.3 is 0 Å². The van der Waals surface area contributed by atoms with Gasteiger partial charge in [-0.15, -0.1) is 10.2 Å². The second-order valence-electron chi connectivity index (χ2n) is 6.96. The van der Waals surface area contributed by atoms with Crippen LogP contribution in [0, 0.1) is 5.92 Å². The molecule has 2 fully saturated rings. The van der Waals surface area contributed by atoms with E-state index in [4.69, 9.17) is 0 Å². The Hall–Kier alpha value is -1.69. The molecule has 4 rings (SSSR count). The Labute approximate surface area is 131 Å². The molecule has 1 aliphatic carbocycles. The summed E-state index contributed by atoms with van der Waals surface area (Å²) < 4.78 is 2.14. The third-order valence-electron chi connectivity index (χ3n) is 4.57. The van der Waals surface area contributed by atoms with Gasteiger partial charge in [-0.3, -0.25) is 9.30 Å². The Morgan fingerprint density at radius 1 is 1.14 bits per heavy atom. The van der Waals surface area contributed by atoms with E-state index in [1.807, 2.05) is 12.4 Å². The van der Waals surface area contributed by atoms with Gasteiger partial charge in [0, 0.05) is 51.0 Å². The van der Waals surface area contributed by atoms with Crippen LogP contribution < -0.4 is 4.90 Å². The summed E-state index contributed by atoms with van der Waals surface area (Å²) in [7, 11) is 0. The second-order valence-corrected chi connectivity index (χ2v) is 6.96. The summed E-state index contributed by atoms with van der Waals surface area (Å²) in [6, 6.07) is 0. The van der Waals surface area contributed by atoms with E-state index in [-0.39, 0.29) is 0 Å². The van der Waals surface area contributed by atoms with E-state index in [0.717, 1.165) is 49.4 Å². The monoisotopic (exact) mass is 300 g/mol. The molecule has 0 amide bonds. The van der Waals surface area contributed by atoms with E-state index in [1.165, 1.54) is 19.4 Å². The Kier molecular flexibility index (Phi) is 3.48. The molecule has 1 saturated heterocycles. The van der Waals surface area contributed by atoms with Gasteiger partial charge < -0.3 is 4.90 Å². The lowest BCUT2D eigenvalue weighted by molar-refractivity contribution is 0.231. The highest BCUT2D eigenvalue weighted by Gasteiger charge is 2.30. The maximum absolute atomic E-state index is 4.59. The molecule has 0 atom stereocenters. The molecule has 0 radical (unpaired) electrons. The first-order valence-electron chi connectivity index (χ1n) is 8.39. The van der Waals surface area contributed by atoms with Crippen LogP contribution in [0.1, 0.15) is 38.4 Å². The van der Waals surface area contributed by atoms with Crippen LogP contribution in [0.3, 0.4) is 0 Å². The van der Waals surface area contributed by atoms with Gasteiger partial charge in [0.25, 0.3) is 0 Å². The molecule has 6 heteroatoms. The summed E-state index contributed by atoms with van der Waals surface area (Å²) in [6.45, 7) is 9.99. The molecule has 1 aliphatic heterocycles. The molecule has 1 saturated carbocycles. The maximum atomic E-state index is 4.59. The summed E-state index contributed by atoms with van der Waals surface area (Å²) >= 11 is 0. The molecule has 0 aromatic carbocycles. The SMILES string of the molecule is CC(C)CN1CCN(c2nccn3c(C4CC4)nnc23)CC1. The lowest BCUT2D eigenvalue weighted by Gasteiger charge is -2.36. The number of hydrogen-bond acceptors (Lipinski definition) is 5. The second kappa shape index (κ2) is 5.50. The molecule has 0 unspecified atom stereocenters. The van der Waals surface area contributed by atoms with E-state index in [2.05, 4.69) is 43.2 Å². The average molecular weight is 300 g/mol. The summed E-state index contributed by atoms with van der Waals surface area (Å²) in [6.07, 6.45) is 6.37. The largest absolute Gasteiger partial charge is 0.351 e. The zero-order chi connectivity index (χ0) is 15.1. The van der Waals surface area contributed by atoms with Gasteiger partial charge in [-0.2, -0.15) is 0 Å². The fourth-order valence-corrected chi connectivity index (χ4v) is 3.33. The van der Waals surface area contributed by atoms with Crippen molar-refractivity contribution in [1.82, 2.24) is 24.5 Å². The third-order valence-corrected chi connectivity index (χ3v) is 4.57. The first-order chi connectivity index (χ1) is 10.7. The van der Waals surface area contributed by atoms with Crippen molar-refractivity contribution in [1.29, 1.82) is 0 Å². The third kappa shape index (κ3) is 2.56. The van der Waals surface area contributed by atoms with Crippen molar-refractivity contribution in [2.75, 3.05) is 37.6 Å². The van der Waals surface area contributed by atoms with Crippen LogP contribution in [0.4, 0.5) is 5.82 Å². The Morgan fingerprint density at radius 2 is 1.91 bits per heavy atom. The van der Waals surface area contributed by atoms with Crippen LogP contribution in [0.2, 0.25) is 0 Å². The van der Waals surface area contributed by atoms with E-state index >= 15 is 0 Å². The summed E-state index contributed by atoms with van der Waals surface area (Å²) in [5.74, 6) is 3.43. The molecule has 118 valence electrons. The van der Waals surface area contributed by atoms with Crippen LogP contribution in [0.5, 0.6) is 0 Å². The topological polar surface area (TPSA) is 49.6 Å². The van der Waals surface area contributed by atoms with Crippen LogP contribution in [-0.4, -0.2) is 57.2 Å². The van der Waals surface area contributed by atoms with Crippen molar-refractivity contribution in [3.63, 3.8) is 0 Å². The average Bonchev–Trinajstić information content (AvgIpc) is 3.26. The van der Waals surface area contributed by atoms with E-state index in [1.54, 1.807) is 0 Å². The highest BCUT2D eigenvalue weighted by atomic mass is 15.3. The summed E-state index contributed by atoms with van der Waals surface area (Å²) in [4.78, 5) is 9.49. The molecular weight excluding hydrogens is 276 g/mol. The van der Waals surface area contributed by atoms with Crippen molar-refractivity contribution in [3.8, 4) is 0 Å². The molecule has 2 aromatic heterocycles. The molecule has 2 aromatic rings. The van der Waals surface area contributed by atoms with Gasteiger partial charge in [-0.1, -0.05) is 13.8 Å². The van der Waals surface area contributed by atoms with Gasteiger partial charge in [0.05, 0.1) is 0 Å². The number of aromatic nitrogens is 4. The van der Waals surface area contributed by atoms with Crippen molar-refractivity contribution in [2.45, 2.75) is 32.6 Å². The van der Waals surface area contributed by atoms with Crippen molar-refractivity contribution in [2.24, 2.45) is 5.92 Å². The van der Waals surface area contributed by atoms with Crippen molar-refractivity contribution in [3.05, 3.63) is 18.2 Å². The van der Waals surface area contributed by atoms with Gasteiger partial charge in [-0.05, 0) is 18.8 Å². The molecule has 0 N–H and O–H groups in total.